The largest absolute Gasteiger partial charge is 0.481 e. The third-order valence-corrected chi connectivity index (χ3v) is 5.18. The summed E-state index contributed by atoms with van der Waals surface area (Å²) in [6.07, 6.45) is 2.49. The van der Waals surface area contributed by atoms with Crippen LogP contribution in [0, 0.1) is 16.7 Å². The van der Waals surface area contributed by atoms with E-state index >= 15 is 0 Å². The van der Waals surface area contributed by atoms with Gasteiger partial charge >= 0.3 is 5.97 Å². The molecule has 0 saturated carbocycles. The second-order valence-corrected chi connectivity index (χ2v) is 8.79. The SMILES string of the molecule is CNC(=O)C(NC(=O)C(CC(=O)O)n1ccc(C(=O)Cc2ccc(C#N)cc2)c1)C(C)(C)C. The van der Waals surface area contributed by atoms with Gasteiger partial charge in [-0.25, -0.2) is 0 Å². The number of ketones is 1. The molecule has 174 valence electrons. The van der Waals surface area contributed by atoms with Gasteiger partial charge in [-0.15, -0.1) is 0 Å². The summed E-state index contributed by atoms with van der Waals surface area (Å²) in [6.45, 7) is 5.36. The molecule has 1 aromatic carbocycles. The first-order valence-electron chi connectivity index (χ1n) is 10.4. The number of amides is 2. The number of nitriles is 1. The number of likely N-dealkylation sites (N-methyl/N-ethyl adjacent to an activating group) is 1. The first-order valence-corrected chi connectivity index (χ1v) is 10.4. The van der Waals surface area contributed by atoms with E-state index < -0.39 is 41.7 Å². The Morgan fingerprint density at radius 2 is 1.73 bits per heavy atom. The van der Waals surface area contributed by atoms with Crippen molar-refractivity contribution in [3.8, 4) is 6.07 Å². The van der Waals surface area contributed by atoms with Crippen LogP contribution in [0.1, 0.15) is 54.7 Å². The summed E-state index contributed by atoms with van der Waals surface area (Å²) in [5.74, 6) is -2.44. The fourth-order valence-corrected chi connectivity index (χ4v) is 3.31. The van der Waals surface area contributed by atoms with Crippen molar-refractivity contribution in [1.29, 1.82) is 5.26 Å². The van der Waals surface area contributed by atoms with Crippen LogP contribution in [0.2, 0.25) is 0 Å². The summed E-state index contributed by atoms with van der Waals surface area (Å²) in [7, 11) is 1.46. The van der Waals surface area contributed by atoms with Crippen molar-refractivity contribution < 1.29 is 24.3 Å². The molecule has 0 aliphatic carbocycles. The van der Waals surface area contributed by atoms with E-state index in [0.717, 1.165) is 5.56 Å². The van der Waals surface area contributed by atoms with Crippen LogP contribution >= 0.6 is 0 Å². The quantitative estimate of drug-likeness (QED) is 0.498. The molecule has 1 heterocycles. The van der Waals surface area contributed by atoms with E-state index in [-0.39, 0.29) is 12.2 Å². The van der Waals surface area contributed by atoms with Gasteiger partial charge in [-0.2, -0.15) is 5.26 Å². The van der Waals surface area contributed by atoms with Gasteiger partial charge in [0.15, 0.2) is 5.78 Å². The second-order valence-electron chi connectivity index (χ2n) is 8.79. The minimum absolute atomic E-state index is 0.0916. The zero-order valence-corrected chi connectivity index (χ0v) is 19.1. The maximum Gasteiger partial charge on any atom is 0.306 e. The fourth-order valence-electron chi connectivity index (χ4n) is 3.31. The van der Waals surface area contributed by atoms with Crippen LogP contribution in [0.25, 0.3) is 0 Å². The average Bonchev–Trinajstić information content (AvgIpc) is 3.24. The van der Waals surface area contributed by atoms with Gasteiger partial charge in [-0.1, -0.05) is 32.9 Å². The van der Waals surface area contributed by atoms with Crippen LogP contribution in [0.5, 0.6) is 0 Å². The van der Waals surface area contributed by atoms with Crippen LogP contribution in [-0.2, 0) is 20.8 Å². The molecular formula is C24H28N4O5. The number of carbonyl (C=O) groups is 4. The number of aromatic nitrogens is 1. The number of nitrogens with one attached hydrogen (secondary N) is 2. The summed E-state index contributed by atoms with van der Waals surface area (Å²) in [6, 6.07) is 8.15. The van der Waals surface area contributed by atoms with E-state index in [0.29, 0.717) is 11.1 Å². The van der Waals surface area contributed by atoms with Gasteiger partial charge in [0.2, 0.25) is 11.8 Å². The first kappa shape index (κ1) is 25.3. The van der Waals surface area contributed by atoms with Crippen LogP contribution in [-0.4, -0.2) is 46.3 Å². The molecule has 2 aromatic rings. The standard InChI is InChI=1S/C24H28N4O5/c1-24(2,3)21(23(33)26-4)27-22(32)18(12-20(30)31)28-10-9-17(14-28)19(29)11-15-5-7-16(13-25)8-6-15/h5-10,14,18,21H,11-12H2,1-4H3,(H,26,33)(H,27,32)(H,30,31). The lowest BCUT2D eigenvalue weighted by Gasteiger charge is -2.31. The fraction of sp³-hybridized carbons (Fsp3) is 0.375. The number of rotatable bonds is 9. The molecule has 0 saturated heterocycles. The Balaban J connectivity index is 2.23. The van der Waals surface area contributed by atoms with Crippen molar-refractivity contribution in [2.75, 3.05) is 7.05 Å². The highest BCUT2D eigenvalue weighted by molar-refractivity contribution is 5.97. The summed E-state index contributed by atoms with van der Waals surface area (Å²) < 4.78 is 1.37. The number of carboxylic acids is 1. The van der Waals surface area contributed by atoms with Gasteiger partial charge in [0, 0.05) is 31.4 Å². The molecule has 2 rings (SSSR count). The first-order chi connectivity index (χ1) is 15.5. The predicted molar refractivity (Wildman–Crippen MR) is 120 cm³/mol. The lowest BCUT2D eigenvalue weighted by molar-refractivity contribution is -0.141. The molecule has 0 fully saturated rings. The van der Waals surface area contributed by atoms with Crippen molar-refractivity contribution >= 4 is 23.6 Å². The van der Waals surface area contributed by atoms with Crippen molar-refractivity contribution in [3.05, 3.63) is 59.4 Å². The Kier molecular flexibility index (Phi) is 8.13. The molecule has 0 radical (unpaired) electrons. The summed E-state index contributed by atoms with van der Waals surface area (Å²) in [5.41, 5.74) is 0.930. The van der Waals surface area contributed by atoms with Crippen molar-refractivity contribution in [3.63, 3.8) is 0 Å². The van der Waals surface area contributed by atoms with Crippen LogP contribution in [0.4, 0.5) is 0 Å². The van der Waals surface area contributed by atoms with Crippen molar-refractivity contribution in [1.82, 2.24) is 15.2 Å². The zero-order valence-electron chi connectivity index (χ0n) is 19.1. The van der Waals surface area contributed by atoms with Gasteiger partial charge in [-0.05, 0) is 29.2 Å². The van der Waals surface area contributed by atoms with Gasteiger partial charge in [0.1, 0.15) is 12.1 Å². The second kappa shape index (κ2) is 10.6. The third-order valence-electron chi connectivity index (χ3n) is 5.18. The lowest BCUT2D eigenvalue weighted by atomic mass is 9.86. The van der Waals surface area contributed by atoms with Gasteiger partial charge in [-0.3, -0.25) is 19.2 Å². The molecule has 2 amide bonds. The highest BCUT2D eigenvalue weighted by Crippen LogP contribution is 2.22. The Hall–Kier alpha value is -3.93. The minimum atomic E-state index is -1.19. The predicted octanol–water partition coefficient (Wildman–Crippen LogP) is 2.08. The van der Waals surface area contributed by atoms with E-state index in [1.807, 2.05) is 6.07 Å². The molecule has 9 nitrogen and oxygen atoms in total. The molecule has 0 aliphatic heterocycles. The van der Waals surface area contributed by atoms with Crippen LogP contribution in [0.15, 0.2) is 42.7 Å². The highest BCUT2D eigenvalue weighted by Gasteiger charge is 2.35. The van der Waals surface area contributed by atoms with Gasteiger partial charge < -0.3 is 20.3 Å². The van der Waals surface area contributed by atoms with E-state index in [4.69, 9.17) is 5.26 Å². The van der Waals surface area contributed by atoms with Crippen LogP contribution in [0.3, 0.4) is 0 Å². The smallest absolute Gasteiger partial charge is 0.306 e. The summed E-state index contributed by atoms with van der Waals surface area (Å²) >= 11 is 0. The Bertz CT molecular complexity index is 1070. The molecule has 2 atom stereocenters. The molecule has 0 bridgehead atoms. The van der Waals surface area contributed by atoms with Crippen molar-refractivity contribution in [2.45, 2.75) is 45.7 Å². The lowest BCUT2D eigenvalue weighted by Crippen LogP contribution is -2.54. The minimum Gasteiger partial charge on any atom is -0.481 e. The normalized spacial score (nSPS) is 12.8. The number of Topliss-reactive ketones (excluding diaryl/α,β-unsaturated/α-hetero) is 1. The number of benzene rings is 1. The van der Waals surface area contributed by atoms with E-state index in [1.165, 1.54) is 30.1 Å². The van der Waals surface area contributed by atoms with E-state index in [9.17, 15) is 24.3 Å². The summed E-state index contributed by atoms with van der Waals surface area (Å²) in [5, 5.41) is 23.4. The van der Waals surface area contributed by atoms with E-state index in [1.54, 1.807) is 45.0 Å². The topological polar surface area (TPSA) is 141 Å². The molecular weight excluding hydrogens is 424 g/mol. The maximum absolute atomic E-state index is 13.0. The third kappa shape index (κ3) is 6.77. The Labute approximate surface area is 192 Å². The molecule has 33 heavy (non-hydrogen) atoms. The number of aliphatic carboxylic acids is 1. The molecule has 9 heteroatoms. The maximum atomic E-state index is 13.0. The molecule has 2 unspecified atom stereocenters. The zero-order chi connectivity index (χ0) is 24.8. The van der Waals surface area contributed by atoms with Crippen molar-refractivity contribution in [2.24, 2.45) is 5.41 Å². The number of carbonyl (C=O) groups excluding carboxylic acids is 3. The Morgan fingerprint density at radius 1 is 1.09 bits per heavy atom. The number of hydrogen-bond acceptors (Lipinski definition) is 5. The highest BCUT2D eigenvalue weighted by atomic mass is 16.4. The van der Waals surface area contributed by atoms with Gasteiger partial charge in [0.25, 0.3) is 0 Å². The average molecular weight is 453 g/mol. The molecule has 0 aliphatic rings. The number of nitrogens with zero attached hydrogens (tertiary/aromatic N) is 2. The molecule has 3 N–H and O–H groups in total. The van der Waals surface area contributed by atoms with E-state index in [2.05, 4.69) is 10.6 Å². The van der Waals surface area contributed by atoms with Crippen LogP contribution < -0.4 is 10.6 Å². The monoisotopic (exact) mass is 452 g/mol. The number of carboxylic acid groups (broad SMARTS) is 1. The summed E-state index contributed by atoms with van der Waals surface area (Å²) in [4.78, 5) is 49.4. The molecule has 0 spiro atoms. The van der Waals surface area contributed by atoms with Gasteiger partial charge in [0.05, 0.1) is 18.1 Å². The number of hydrogen-bond donors (Lipinski definition) is 3. The Morgan fingerprint density at radius 3 is 2.24 bits per heavy atom. The molecule has 1 aromatic heterocycles.